The predicted molar refractivity (Wildman–Crippen MR) is 139 cm³/mol. The van der Waals surface area contributed by atoms with Gasteiger partial charge in [-0.15, -0.1) is 4.31 Å². The molecule has 0 fully saturated rings. The van der Waals surface area contributed by atoms with Gasteiger partial charge < -0.3 is 4.55 Å². The van der Waals surface area contributed by atoms with Gasteiger partial charge in [0.2, 0.25) is 0 Å². The number of fused-ring (bicyclic) bond motifs is 1. The summed E-state index contributed by atoms with van der Waals surface area (Å²) in [4.78, 5) is -0.336. The third-order valence-corrected chi connectivity index (χ3v) is 12.0. The molecule has 2 aromatic carbocycles. The van der Waals surface area contributed by atoms with E-state index in [4.69, 9.17) is 0 Å². The van der Waals surface area contributed by atoms with E-state index >= 15 is 4.39 Å². The molecule has 4 nitrogen and oxygen atoms in total. The molecule has 0 aromatic heterocycles. The van der Waals surface area contributed by atoms with Gasteiger partial charge >= 0.3 is 18.0 Å². The Morgan fingerprint density at radius 3 is 1.98 bits per heavy atom. The van der Waals surface area contributed by atoms with Crippen molar-refractivity contribution in [3.63, 3.8) is 0 Å². The number of benzene rings is 2. The number of nitrogens with zero attached hydrogens (tertiary/aromatic N) is 1. The zero-order valence-electron chi connectivity index (χ0n) is 23.0. The van der Waals surface area contributed by atoms with E-state index in [9.17, 15) is 43.7 Å². The van der Waals surface area contributed by atoms with Crippen LogP contribution >= 0.6 is 0 Å². The van der Waals surface area contributed by atoms with E-state index in [1.54, 1.807) is 32.0 Å². The van der Waals surface area contributed by atoms with E-state index in [0.717, 1.165) is 30.3 Å². The average molecular weight is 634 g/mol. The van der Waals surface area contributed by atoms with Crippen molar-refractivity contribution in [2.75, 3.05) is 6.54 Å². The zero-order valence-corrected chi connectivity index (χ0v) is 24.6. The highest BCUT2D eigenvalue weighted by molar-refractivity contribution is 7.92. The monoisotopic (exact) mass is 633 g/mol. The lowest BCUT2D eigenvalue weighted by atomic mass is 9.85. The molecule has 0 N–H and O–H groups in total. The van der Waals surface area contributed by atoms with Crippen LogP contribution in [0.3, 0.4) is 0 Å². The summed E-state index contributed by atoms with van der Waals surface area (Å²) in [6, 6.07) is 4.81. The molecule has 1 heterocycles. The fraction of sp³-hybridized carbons (Fsp3) is 0.556. The van der Waals surface area contributed by atoms with Crippen molar-refractivity contribution in [2.24, 2.45) is 0 Å². The van der Waals surface area contributed by atoms with Gasteiger partial charge in [0.1, 0.15) is 15.3 Å². The molecule has 0 spiro atoms. The van der Waals surface area contributed by atoms with Crippen LogP contribution < -0.4 is 0 Å². The lowest BCUT2D eigenvalue weighted by Crippen LogP contribution is -2.50. The van der Waals surface area contributed by atoms with Crippen LogP contribution in [0.2, 0.25) is 0 Å². The molecule has 0 saturated heterocycles. The SMILES string of the molecule is C[C@H]1CCc2cc(C(F)(C(F)(F)F)C(F)(F)F)ccc2[C@](C)(S(=O)(=O)c2ccc(F)cc2)CCN1[S+]([O-])C(C)(C)C. The number of alkyl halides is 7. The molecule has 0 radical (unpaired) electrons. The first-order valence-corrected chi connectivity index (χ1v) is 15.2. The van der Waals surface area contributed by atoms with Crippen molar-refractivity contribution >= 4 is 21.2 Å². The normalized spacial score (nSPS) is 22.8. The quantitative estimate of drug-likeness (QED) is 0.202. The van der Waals surface area contributed by atoms with Gasteiger partial charge in [0.25, 0.3) is 0 Å². The molecule has 14 heteroatoms. The number of hydrogen-bond donors (Lipinski definition) is 0. The van der Waals surface area contributed by atoms with Gasteiger partial charge in [0, 0.05) is 23.5 Å². The Hall–Kier alpha value is -1.90. The zero-order chi connectivity index (χ0) is 31.4. The second kappa shape index (κ2) is 11.0. The van der Waals surface area contributed by atoms with E-state index in [0.29, 0.717) is 12.1 Å². The molecule has 0 amide bonds. The van der Waals surface area contributed by atoms with Crippen molar-refractivity contribution in [3.05, 3.63) is 65.0 Å². The second-order valence-electron chi connectivity index (χ2n) is 11.4. The van der Waals surface area contributed by atoms with Crippen LogP contribution in [-0.2, 0) is 38.0 Å². The van der Waals surface area contributed by atoms with E-state index < -0.39 is 66.1 Å². The molecule has 41 heavy (non-hydrogen) atoms. The van der Waals surface area contributed by atoms with E-state index in [-0.39, 0.29) is 41.8 Å². The van der Waals surface area contributed by atoms with Gasteiger partial charge in [0.05, 0.1) is 10.9 Å². The van der Waals surface area contributed by atoms with Gasteiger partial charge in [-0.2, -0.15) is 26.3 Å². The van der Waals surface area contributed by atoms with Gasteiger partial charge in [-0.25, -0.2) is 17.2 Å². The summed E-state index contributed by atoms with van der Waals surface area (Å²) in [6.45, 7) is 7.96. The van der Waals surface area contributed by atoms with Gasteiger partial charge in [0.15, 0.2) is 9.84 Å². The Kier molecular flexibility index (Phi) is 9.00. The molecule has 1 aliphatic rings. The molecular formula is C27H31F8NO3S2. The number of hydrogen-bond acceptors (Lipinski definition) is 4. The highest BCUT2D eigenvalue weighted by Gasteiger charge is 2.73. The number of halogens is 8. The summed E-state index contributed by atoms with van der Waals surface area (Å²) in [6.07, 6.45) is -13.1. The maximum Gasteiger partial charge on any atom is 0.435 e. The number of rotatable bonds is 4. The highest BCUT2D eigenvalue weighted by atomic mass is 32.2. The minimum Gasteiger partial charge on any atom is -0.597 e. The molecule has 0 aliphatic carbocycles. The van der Waals surface area contributed by atoms with Crippen molar-refractivity contribution in [1.82, 2.24) is 4.31 Å². The fourth-order valence-corrected chi connectivity index (χ4v) is 8.21. The van der Waals surface area contributed by atoms with Gasteiger partial charge in [-0.05, 0) is 89.3 Å². The minimum absolute atomic E-state index is 0.0681. The Balaban J connectivity index is 2.32. The Labute approximate surface area is 237 Å². The maximum atomic E-state index is 15.0. The largest absolute Gasteiger partial charge is 0.597 e. The van der Waals surface area contributed by atoms with E-state index in [1.165, 1.54) is 6.92 Å². The predicted octanol–water partition coefficient (Wildman–Crippen LogP) is 7.29. The van der Waals surface area contributed by atoms with Crippen LogP contribution in [0.5, 0.6) is 0 Å². The van der Waals surface area contributed by atoms with Crippen LogP contribution in [0.1, 0.15) is 64.2 Å². The van der Waals surface area contributed by atoms with Crippen LogP contribution in [0, 0.1) is 5.82 Å². The third-order valence-electron chi connectivity index (χ3n) is 7.44. The number of sulfone groups is 1. The van der Waals surface area contributed by atoms with Crippen molar-refractivity contribution in [3.8, 4) is 0 Å². The molecule has 0 saturated carbocycles. The molecular weight excluding hydrogens is 602 g/mol. The molecule has 1 aliphatic heterocycles. The van der Waals surface area contributed by atoms with Gasteiger partial charge in [-0.1, -0.05) is 18.2 Å². The summed E-state index contributed by atoms with van der Waals surface area (Å²) in [7, 11) is -4.49. The molecule has 0 bridgehead atoms. The average Bonchev–Trinajstić information content (AvgIpc) is 2.89. The molecule has 2 aromatic rings. The van der Waals surface area contributed by atoms with Crippen LogP contribution in [0.15, 0.2) is 47.4 Å². The summed E-state index contributed by atoms with van der Waals surface area (Å²) < 4.78 is 150. The standard InChI is InChI=1S/C27H31F8NO3S2/c1-17-6-7-18-16-19(25(29,26(30,31)32)27(33,34)35)8-13-22(18)24(5,14-15-36(17)40(37)23(2,3)4)41(38,39)21-11-9-20(28)10-12-21/h8-13,16-17H,6-7,14-15H2,1-5H3/t17-,24+,40?/m0/s1. The summed E-state index contributed by atoms with van der Waals surface area (Å²) in [5.74, 6) is -0.729. The number of aryl methyl sites for hydroxylation is 1. The molecule has 1 unspecified atom stereocenters. The van der Waals surface area contributed by atoms with Crippen molar-refractivity contribution in [1.29, 1.82) is 0 Å². The minimum atomic E-state index is -6.35. The highest BCUT2D eigenvalue weighted by Crippen LogP contribution is 2.54. The van der Waals surface area contributed by atoms with Gasteiger partial charge in [-0.3, -0.25) is 0 Å². The van der Waals surface area contributed by atoms with Crippen LogP contribution in [0.25, 0.3) is 0 Å². The molecule has 230 valence electrons. The smallest absolute Gasteiger partial charge is 0.435 e. The Bertz CT molecular complexity index is 1340. The Morgan fingerprint density at radius 1 is 0.951 bits per heavy atom. The topological polar surface area (TPSA) is 60.4 Å². The lowest BCUT2D eigenvalue weighted by molar-refractivity contribution is -0.348. The molecule has 3 rings (SSSR count). The van der Waals surface area contributed by atoms with Crippen LogP contribution in [-0.4, -0.2) is 47.0 Å². The lowest BCUT2D eigenvalue weighted by Gasteiger charge is -2.38. The second-order valence-corrected chi connectivity index (χ2v) is 15.9. The summed E-state index contributed by atoms with van der Waals surface area (Å²) in [5.41, 5.74) is -7.76. The first kappa shape index (κ1) is 33.6. The molecule has 3 atom stereocenters. The third kappa shape index (κ3) is 5.98. The first-order valence-electron chi connectivity index (χ1n) is 12.6. The summed E-state index contributed by atoms with van der Waals surface area (Å²) in [5, 5.41) is 0. The van der Waals surface area contributed by atoms with Crippen molar-refractivity contribution < 1.29 is 48.1 Å². The fourth-order valence-electron chi connectivity index (χ4n) is 4.96. The van der Waals surface area contributed by atoms with E-state index in [2.05, 4.69) is 0 Å². The summed E-state index contributed by atoms with van der Waals surface area (Å²) >= 11 is -1.66. The van der Waals surface area contributed by atoms with Crippen molar-refractivity contribution in [2.45, 2.75) is 92.3 Å². The van der Waals surface area contributed by atoms with Crippen LogP contribution in [0.4, 0.5) is 35.1 Å². The van der Waals surface area contributed by atoms with E-state index in [1.807, 2.05) is 0 Å². The maximum absolute atomic E-state index is 15.0. The first-order chi connectivity index (χ1) is 18.5. The Morgan fingerprint density at radius 2 is 1.49 bits per heavy atom.